The van der Waals surface area contributed by atoms with Crippen molar-refractivity contribution in [1.29, 1.82) is 0 Å². The Morgan fingerprint density at radius 1 is 1.29 bits per heavy atom. The van der Waals surface area contributed by atoms with E-state index in [1.165, 1.54) is 6.07 Å². The zero-order valence-electron chi connectivity index (χ0n) is 12.6. The van der Waals surface area contributed by atoms with Gasteiger partial charge in [-0.3, -0.25) is 4.79 Å². The lowest BCUT2D eigenvalue weighted by Crippen LogP contribution is -2.26. The van der Waals surface area contributed by atoms with Gasteiger partial charge in [0.2, 0.25) is 5.91 Å². The highest BCUT2D eigenvalue weighted by atomic mass is 35.5. The minimum Gasteiger partial charge on any atom is -0.352 e. The summed E-state index contributed by atoms with van der Waals surface area (Å²) in [5.41, 5.74) is 1.56. The molecule has 0 spiro atoms. The normalized spacial score (nSPS) is 9.76. The van der Waals surface area contributed by atoms with Crippen molar-refractivity contribution in [3.05, 3.63) is 35.1 Å². The first-order chi connectivity index (χ1) is 9.02. The molecule has 0 heterocycles. The molecule has 0 unspecified atom stereocenters. The third kappa shape index (κ3) is 8.88. The Hall–Kier alpha value is -0.880. The van der Waals surface area contributed by atoms with E-state index in [1.54, 1.807) is 19.2 Å². The summed E-state index contributed by atoms with van der Waals surface area (Å²) in [7, 11) is 5.60. The summed E-state index contributed by atoms with van der Waals surface area (Å²) in [6.07, 6.45) is 0.447. The summed E-state index contributed by atoms with van der Waals surface area (Å²) in [4.78, 5) is 13.4. The van der Waals surface area contributed by atoms with Gasteiger partial charge >= 0.3 is 0 Å². The lowest BCUT2D eigenvalue weighted by molar-refractivity contribution is -0.121. The Balaban J connectivity index is 0. The molecule has 1 rings (SSSR count). The van der Waals surface area contributed by atoms with E-state index in [-0.39, 0.29) is 36.5 Å². The predicted octanol–water partition coefficient (Wildman–Crippen LogP) is 1.96. The molecule has 2 N–H and O–H groups in total. The van der Waals surface area contributed by atoms with Crippen LogP contribution in [0.25, 0.3) is 0 Å². The molecule has 0 aliphatic rings. The van der Waals surface area contributed by atoms with Crippen molar-refractivity contribution < 1.29 is 9.18 Å². The minimum atomic E-state index is -0.209. The van der Waals surface area contributed by atoms with Crippen LogP contribution in [0, 0.1) is 5.82 Å². The van der Waals surface area contributed by atoms with Gasteiger partial charge in [0.15, 0.2) is 0 Å². The van der Waals surface area contributed by atoms with E-state index in [2.05, 4.69) is 10.6 Å². The van der Waals surface area contributed by atoms with Gasteiger partial charge in [0.1, 0.15) is 5.82 Å². The van der Waals surface area contributed by atoms with Crippen molar-refractivity contribution in [2.24, 2.45) is 0 Å². The second-order valence-electron chi connectivity index (χ2n) is 4.79. The van der Waals surface area contributed by atoms with Gasteiger partial charge in [-0.15, -0.1) is 24.8 Å². The first-order valence-corrected chi connectivity index (χ1v) is 6.36. The van der Waals surface area contributed by atoms with E-state index in [0.717, 1.165) is 5.56 Å². The van der Waals surface area contributed by atoms with Crippen LogP contribution in [-0.2, 0) is 17.9 Å². The molecule has 0 aliphatic carbocycles. The van der Waals surface area contributed by atoms with Gasteiger partial charge in [0.25, 0.3) is 0 Å². The van der Waals surface area contributed by atoms with Crippen LogP contribution in [0.5, 0.6) is 0 Å². The SMILES string of the molecule is CNCCC(=O)NCc1ccc(F)c(CN(C)C)c1.Cl.Cl. The molecule has 1 amide bonds. The van der Waals surface area contributed by atoms with E-state index in [9.17, 15) is 9.18 Å². The second kappa shape index (κ2) is 11.7. The highest BCUT2D eigenvalue weighted by Crippen LogP contribution is 2.12. The summed E-state index contributed by atoms with van der Waals surface area (Å²) >= 11 is 0. The fourth-order valence-corrected chi connectivity index (χ4v) is 1.73. The summed E-state index contributed by atoms with van der Waals surface area (Å²) < 4.78 is 13.6. The van der Waals surface area contributed by atoms with Crippen LogP contribution in [0.2, 0.25) is 0 Å². The molecule has 1 aromatic carbocycles. The molecule has 1 aromatic rings. The number of rotatable bonds is 7. The van der Waals surface area contributed by atoms with E-state index in [4.69, 9.17) is 0 Å². The summed E-state index contributed by atoms with van der Waals surface area (Å²) in [6, 6.07) is 4.95. The Kier molecular flexibility index (Phi) is 12.5. The molecule has 0 aromatic heterocycles. The molecule has 0 atom stereocenters. The van der Waals surface area contributed by atoms with Crippen molar-refractivity contribution in [2.75, 3.05) is 27.7 Å². The lowest BCUT2D eigenvalue weighted by atomic mass is 10.1. The van der Waals surface area contributed by atoms with Crippen molar-refractivity contribution in [1.82, 2.24) is 15.5 Å². The summed E-state index contributed by atoms with van der Waals surface area (Å²) in [5, 5.41) is 5.74. The molecule has 4 nitrogen and oxygen atoms in total. The molecule has 0 saturated heterocycles. The number of carbonyl (C=O) groups excluding carboxylic acids is 1. The molecular formula is C14H24Cl2FN3O. The van der Waals surface area contributed by atoms with Crippen LogP contribution in [-0.4, -0.2) is 38.5 Å². The van der Waals surface area contributed by atoms with Crippen molar-refractivity contribution in [3.63, 3.8) is 0 Å². The Morgan fingerprint density at radius 3 is 2.52 bits per heavy atom. The maximum absolute atomic E-state index is 13.6. The standard InChI is InChI=1S/C14H22FN3O.2ClH/c1-16-7-6-14(19)17-9-11-4-5-13(15)12(8-11)10-18(2)3;;/h4-5,8,16H,6-7,9-10H2,1-3H3,(H,17,19);2*1H. The third-order valence-corrected chi connectivity index (χ3v) is 2.69. The Labute approximate surface area is 138 Å². The Bertz CT molecular complexity index is 431. The van der Waals surface area contributed by atoms with E-state index in [0.29, 0.717) is 31.6 Å². The predicted molar refractivity (Wildman–Crippen MR) is 88.7 cm³/mol. The fourth-order valence-electron chi connectivity index (χ4n) is 1.73. The van der Waals surface area contributed by atoms with Gasteiger partial charge in [0, 0.05) is 31.6 Å². The van der Waals surface area contributed by atoms with Gasteiger partial charge in [-0.05, 0) is 38.8 Å². The fraction of sp³-hybridized carbons (Fsp3) is 0.500. The first-order valence-electron chi connectivity index (χ1n) is 6.36. The molecule has 7 heteroatoms. The number of halogens is 3. The molecule has 0 radical (unpaired) electrons. The minimum absolute atomic E-state index is 0. The van der Waals surface area contributed by atoms with Crippen LogP contribution < -0.4 is 10.6 Å². The number of benzene rings is 1. The van der Waals surface area contributed by atoms with Gasteiger partial charge in [-0.25, -0.2) is 4.39 Å². The average Bonchev–Trinajstić information content (AvgIpc) is 2.36. The molecule has 0 saturated carbocycles. The van der Waals surface area contributed by atoms with Crippen LogP contribution in [0.15, 0.2) is 18.2 Å². The second-order valence-corrected chi connectivity index (χ2v) is 4.79. The smallest absolute Gasteiger partial charge is 0.221 e. The van der Waals surface area contributed by atoms with Gasteiger partial charge in [-0.2, -0.15) is 0 Å². The maximum Gasteiger partial charge on any atom is 0.221 e. The number of hydrogen-bond acceptors (Lipinski definition) is 3. The molecule has 122 valence electrons. The van der Waals surface area contributed by atoms with E-state index >= 15 is 0 Å². The molecule has 0 fully saturated rings. The molecular weight excluding hydrogens is 316 g/mol. The van der Waals surface area contributed by atoms with Crippen LogP contribution >= 0.6 is 24.8 Å². The zero-order valence-corrected chi connectivity index (χ0v) is 14.2. The molecule has 21 heavy (non-hydrogen) atoms. The quantitative estimate of drug-likeness (QED) is 0.798. The zero-order chi connectivity index (χ0) is 14.3. The lowest BCUT2D eigenvalue weighted by Gasteiger charge is -2.12. The first kappa shape index (κ1) is 22.4. The number of carbonyl (C=O) groups is 1. The number of nitrogens with one attached hydrogen (secondary N) is 2. The van der Waals surface area contributed by atoms with Gasteiger partial charge in [0.05, 0.1) is 0 Å². The topological polar surface area (TPSA) is 44.4 Å². The van der Waals surface area contributed by atoms with Gasteiger partial charge in [-0.1, -0.05) is 6.07 Å². The average molecular weight is 340 g/mol. The van der Waals surface area contributed by atoms with Crippen LogP contribution in [0.1, 0.15) is 17.5 Å². The molecule has 0 aliphatic heterocycles. The summed E-state index contributed by atoms with van der Waals surface area (Å²) in [6.45, 7) is 1.64. The maximum atomic E-state index is 13.6. The summed E-state index contributed by atoms with van der Waals surface area (Å²) in [5.74, 6) is -0.216. The van der Waals surface area contributed by atoms with E-state index in [1.807, 2.05) is 19.0 Å². The van der Waals surface area contributed by atoms with Crippen molar-refractivity contribution in [2.45, 2.75) is 19.5 Å². The van der Waals surface area contributed by atoms with Crippen molar-refractivity contribution in [3.8, 4) is 0 Å². The third-order valence-electron chi connectivity index (χ3n) is 2.69. The van der Waals surface area contributed by atoms with E-state index < -0.39 is 0 Å². The number of nitrogens with zero attached hydrogens (tertiary/aromatic N) is 1. The van der Waals surface area contributed by atoms with Crippen molar-refractivity contribution >= 4 is 30.7 Å². The molecule has 0 bridgehead atoms. The van der Waals surface area contributed by atoms with Crippen LogP contribution in [0.4, 0.5) is 4.39 Å². The highest BCUT2D eigenvalue weighted by molar-refractivity contribution is 5.85. The number of amides is 1. The number of hydrogen-bond donors (Lipinski definition) is 2. The Morgan fingerprint density at radius 2 is 1.95 bits per heavy atom. The highest BCUT2D eigenvalue weighted by Gasteiger charge is 2.06. The monoisotopic (exact) mass is 339 g/mol. The van der Waals surface area contributed by atoms with Gasteiger partial charge < -0.3 is 15.5 Å². The van der Waals surface area contributed by atoms with Crippen LogP contribution in [0.3, 0.4) is 0 Å². The largest absolute Gasteiger partial charge is 0.352 e.